The molecule has 0 heterocycles. The molecule has 492 valence electrons. The van der Waals surface area contributed by atoms with Gasteiger partial charge in [-0.2, -0.15) is 0 Å². The fraction of sp³-hybridized carbons (Fsp3) is 0.938. The van der Waals surface area contributed by atoms with Crippen LogP contribution < -0.4 is 0 Å². The largest absolute Gasteiger partial charge is 0.472 e. The quantitative estimate of drug-likeness (QED) is 0.0222. The summed E-state index contributed by atoms with van der Waals surface area (Å²) in [5.74, 6) is -1.40. The van der Waals surface area contributed by atoms with Crippen LogP contribution >= 0.6 is 15.6 Å². The van der Waals surface area contributed by atoms with E-state index in [-0.39, 0.29) is 25.7 Å². The second-order valence-corrected chi connectivity index (χ2v) is 26.3. The van der Waals surface area contributed by atoms with Crippen LogP contribution in [-0.2, 0) is 65.4 Å². The second kappa shape index (κ2) is 57.8. The van der Waals surface area contributed by atoms with Crippen molar-refractivity contribution in [3.05, 3.63) is 0 Å². The highest BCUT2D eigenvalue weighted by atomic mass is 31.2. The summed E-state index contributed by atoms with van der Waals surface area (Å²) in [5, 5.41) is 10.5. The van der Waals surface area contributed by atoms with Crippen molar-refractivity contribution in [2.75, 3.05) is 39.6 Å². The van der Waals surface area contributed by atoms with Crippen molar-refractivity contribution >= 4 is 39.5 Å². The van der Waals surface area contributed by atoms with E-state index in [1.807, 2.05) is 0 Å². The summed E-state index contributed by atoms with van der Waals surface area (Å²) >= 11 is 0. The predicted octanol–water partition coefficient (Wildman–Crippen LogP) is 17.8. The Morgan fingerprint density at radius 1 is 0.337 bits per heavy atom. The van der Waals surface area contributed by atoms with Gasteiger partial charge >= 0.3 is 39.5 Å². The van der Waals surface area contributed by atoms with E-state index in [2.05, 4.69) is 34.6 Å². The van der Waals surface area contributed by atoms with Crippen molar-refractivity contribution in [2.45, 2.75) is 342 Å². The van der Waals surface area contributed by atoms with E-state index in [9.17, 15) is 43.2 Å². The zero-order chi connectivity index (χ0) is 61.3. The van der Waals surface area contributed by atoms with Gasteiger partial charge in [-0.15, -0.1) is 0 Å². The maximum absolute atomic E-state index is 13.0. The van der Waals surface area contributed by atoms with Crippen molar-refractivity contribution in [2.24, 2.45) is 5.92 Å². The Kier molecular flexibility index (Phi) is 56.4. The molecule has 0 aliphatic rings. The zero-order valence-electron chi connectivity index (χ0n) is 53.3. The number of phosphoric ester groups is 2. The minimum Gasteiger partial charge on any atom is -0.462 e. The standard InChI is InChI=1S/C64H124O17P2/c1-6-10-13-16-19-22-23-24-25-26-27-28-30-33-40-45-50-64(69)81-60(54-75-62(67)48-43-38-35-34-36-41-46-57(5)9-4)56-79-83(72,73)77-52-58(65)51-76-82(70,71)78-55-59(53-74-61(66)47-42-37-31-21-18-15-12-8-3)80-63(68)49-44-39-32-29-20-17-14-11-7-2/h57-60,65H,6-56H2,1-5H3,(H,70,71)(H,72,73)/t57?,58-,59+,60+/m0/s1. The Balaban J connectivity index is 5.20. The van der Waals surface area contributed by atoms with Crippen LogP contribution in [0.4, 0.5) is 0 Å². The average molecular weight is 1230 g/mol. The Bertz CT molecular complexity index is 1620. The van der Waals surface area contributed by atoms with Crippen molar-refractivity contribution < 1.29 is 80.2 Å². The molecule has 0 bridgehead atoms. The van der Waals surface area contributed by atoms with Gasteiger partial charge < -0.3 is 33.8 Å². The number of hydrogen-bond donors (Lipinski definition) is 3. The molecule has 0 rings (SSSR count). The van der Waals surface area contributed by atoms with Crippen LogP contribution in [0.2, 0.25) is 0 Å². The van der Waals surface area contributed by atoms with Crippen LogP contribution in [0.5, 0.6) is 0 Å². The number of aliphatic hydroxyl groups excluding tert-OH is 1. The maximum atomic E-state index is 13.0. The number of unbranched alkanes of at least 4 members (excludes halogenated alkanes) is 35. The number of carbonyl (C=O) groups is 4. The molecular weight excluding hydrogens is 1100 g/mol. The summed E-state index contributed by atoms with van der Waals surface area (Å²) in [6.07, 6.45) is 41.8. The van der Waals surface area contributed by atoms with E-state index in [0.29, 0.717) is 25.7 Å². The molecular formula is C64H124O17P2. The number of phosphoric acid groups is 2. The average Bonchev–Trinajstić information content (AvgIpc) is 3.46. The van der Waals surface area contributed by atoms with Crippen molar-refractivity contribution in [3.63, 3.8) is 0 Å². The SMILES string of the molecule is CCCCCCCCCCCCCCCCCCC(=O)O[C@H](COC(=O)CCCCCCCCC(C)CC)COP(=O)(O)OC[C@@H](O)COP(=O)(O)OC[C@@H](COC(=O)CCCCCCCCCC)OC(=O)CCCCCCCCCCC. The molecule has 6 atom stereocenters. The lowest BCUT2D eigenvalue weighted by atomic mass is 10.00. The third-order valence-corrected chi connectivity index (χ3v) is 17.0. The zero-order valence-corrected chi connectivity index (χ0v) is 55.1. The normalized spacial score (nSPS) is 14.6. The second-order valence-electron chi connectivity index (χ2n) is 23.4. The molecule has 0 aliphatic heterocycles. The summed E-state index contributed by atoms with van der Waals surface area (Å²) in [7, 11) is -9.88. The van der Waals surface area contributed by atoms with Crippen molar-refractivity contribution in [1.82, 2.24) is 0 Å². The number of hydrogen-bond acceptors (Lipinski definition) is 15. The highest BCUT2D eigenvalue weighted by Crippen LogP contribution is 2.45. The molecule has 0 radical (unpaired) electrons. The molecule has 3 N–H and O–H groups in total. The van der Waals surface area contributed by atoms with E-state index >= 15 is 0 Å². The number of carbonyl (C=O) groups excluding carboxylic acids is 4. The molecule has 17 nitrogen and oxygen atoms in total. The van der Waals surface area contributed by atoms with E-state index < -0.39 is 97.5 Å². The fourth-order valence-electron chi connectivity index (χ4n) is 9.55. The molecule has 0 fully saturated rings. The molecule has 0 amide bonds. The maximum Gasteiger partial charge on any atom is 0.472 e. The first kappa shape index (κ1) is 81.1. The predicted molar refractivity (Wildman–Crippen MR) is 331 cm³/mol. The monoisotopic (exact) mass is 1230 g/mol. The highest BCUT2D eigenvalue weighted by molar-refractivity contribution is 7.47. The van der Waals surface area contributed by atoms with Crippen LogP contribution in [0.25, 0.3) is 0 Å². The number of rotatable bonds is 64. The first-order valence-electron chi connectivity index (χ1n) is 33.7. The molecule has 0 saturated carbocycles. The smallest absolute Gasteiger partial charge is 0.462 e. The lowest BCUT2D eigenvalue weighted by molar-refractivity contribution is -0.161. The molecule has 19 heteroatoms. The summed E-state index contributed by atoms with van der Waals surface area (Å²) < 4.78 is 67.9. The summed E-state index contributed by atoms with van der Waals surface area (Å²) in [5.41, 5.74) is 0. The van der Waals surface area contributed by atoms with E-state index in [1.165, 1.54) is 135 Å². The minimum atomic E-state index is -4.94. The molecule has 0 aliphatic carbocycles. The molecule has 0 aromatic carbocycles. The third kappa shape index (κ3) is 57.6. The van der Waals surface area contributed by atoms with Gasteiger partial charge in [0.05, 0.1) is 26.4 Å². The highest BCUT2D eigenvalue weighted by Gasteiger charge is 2.30. The van der Waals surface area contributed by atoms with Gasteiger partial charge in [0.1, 0.15) is 19.3 Å². The Hall–Kier alpha value is -1.94. The first-order valence-corrected chi connectivity index (χ1v) is 36.7. The van der Waals surface area contributed by atoms with Crippen LogP contribution in [-0.4, -0.2) is 96.7 Å². The van der Waals surface area contributed by atoms with Gasteiger partial charge in [-0.05, 0) is 31.6 Å². The fourth-order valence-corrected chi connectivity index (χ4v) is 11.1. The molecule has 0 saturated heterocycles. The Morgan fingerprint density at radius 3 is 0.855 bits per heavy atom. The Labute approximate surface area is 505 Å². The van der Waals surface area contributed by atoms with E-state index in [1.54, 1.807) is 0 Å². The Morgan fingerprint density at radius 2 is 0.578 bits per heavy atom. The lowest BCUT2D eigenvalue weighted by Gasteiger charge is -2.21. The van der Waals surface area contributed by atoms with Gasteiger partial charge in [0.25, 0.3) is 0 Å². The van der Waals surface area contributed by atoms with Crippen LogP contribution in [0, 0.1) is 5.92 Å². The van der Waals surface area contributed by atoms with Crippen molar-refractivity contribution in [1.29, 1.82) is 0 Å². The molecule has 0 spiro atoms. The van der Waals surface area contributed by atoms with Gasteiger partial charge in [0, 0.05) is 25.7 Å². The van der Waals surface area contributed by atoms with E-state index in [4.69, 9.17) is 37.0 Å². The van der Waals surface area contributed by atoms with Gasteiger partial charge in [0.15, 0.2) is 12.2 Å². The van der Waals surface area contributed by atoms with E-state index in [0.717, 1.165) is 109 Å². The molecule has 0 aromatic heterocycles. The third-order valence-electron chi connectivity index (χ3n) is 15.1. The van der Waals surface area contributed by atoms with Crippen LogP contribution in [0.3, 0.4) is 0 Å². The van der Waals surface area contributed by atoms with Gasteiger partial charge in [-0.3, -0.25) is 37.3 Å². The number of ether oxygens (including phenoxy) is 4. The molecule has 83 heavy (non-hydrogen) atoms. The van der Waals surface area contributed by atoms with Gasteiger partial charge in [0.2, 0.25) is 0 Å². The number of esters is 4. The number of aliphatic hydroxyl groups is 1. The molecule has 0 aromatic rings. The minimum absolute atomic E-state index is 0.106. The van der Waals surface area contributed by atoms with Crippen LogP contribution in [0.15, 0.2) is 0 Å². The van der Waals surface area contributed by atoms with Crippen molar-refractivity contribution in [3.8, 4) is 0 Å². The summed E-state index contributed by atoms with van der Waals surface area (Å²) in [6.45, 7) is 7.12. The summed E-state index contributed by atoms with van der Waals surface area (Å²) in [6, 6.07) is 0. The van der Waals surface area contributed by atoms with Gasteiger partial charge in [-0.1, -0.05) is 272 Å². The topological polar surface area (TPSA) is 237 Å². The summed E-state index contributed by atoms with van der Waals surface area (Å²) in [4.78, 5) is 72.1. The molecule has 3 unspecified atom stereocenters. The van der Waals surface area contributed by atoms with Gasteiger partial charge in [-0.25, -0.2) is 9.13 Å². The first-order chi connectivity index (χ1) is 40.1. The van der Waals surface area contributed by atoms with Crippen LogP contribution in [0.1, 0.15) is 324 Å². The lowest BCUT2D eigenvalue weighted by Crippen LogP contribution is -2.30.